The van der Waals surface area contributed by atoms with Crippen molar-refractivity contribution in [1.29, 1.82) is 0 Å². The lowest BCUT2D eigenvalue weighted by Gasteiger charge is -2.04. The van der Waals surface area contributed by atoms with Crippen LogP contribution in [-0.2, 0) is 19.9 Å². The molecular weight excluding hydrogens is 206 g/mol. The van der Waals surface area contributed by atoms with Crippen LogP contribution in [0.15, 0.2) is 48.8 Å². The number of hydrogen-bond acceptors (Lipinski definition) is 0. The highest BCUT2D eigenvalue weighted by atomic mass is 14.9. The van der Waals surface area contributed by atoms with Gasteiger partial charge in [-0.3, -0.25) is 0 Å². The third-order valence-electron chi connectivity index (χ3n) is 3.17. The average Bonchev–Trinajstić information content (AvgIpc) is 2.33. The van der Waals surface area contributed by atoms with Crippen LogP contribution in [0.1, 0.15) is 23.1 Å². The number of pyridine rings is 1. The molecule has 0 fully saturated rings. The van der Waals surface area contributed by atoms with Crippen LogP contribution < -0.4 is 4.57 Å². The molecule has 0 unspecified atom stereocenters. The van der Waals surface area contributed by atoms with Gasteiger partial charge in [-0.05, 0) is 37.3 Å². The Labute approximate surface area is 104 Å². The first kappa shape index (κ1) is 11.8. The van der Waals surface area contributed by atoms with Crippen molar-refractivity contribution in [3.05, 3.63) is 65.5 Å². The molecule has 2 aromatic rings. The monoisotopic (exact) mass is 226 g/mol. The van der Waals surface area contributed by atoms with Gasteiger partial charge in [0.25, 0.3) is 0 Å². The first-order chi connectivity index (χ1) is 8.25. The molecule has 0 bridgehead atoms. The second-order valence-electron chi connectivity index (χ2n) is 4.66. The van der Waals surface area contributed by atoms with Gasteiger partial charge in [-0.2, -0.15) is 0 Å². The fraction of sp³-hybridized carbons (Fsp3) is 0.312. The van der Waals surface area contributed by atoms with E-state index in [2.05, 4.69) is 67.3 Å². The van der Waals surface area contributed by atoms with E-state index in [9.17, 15) is 0 Å². The quantitative estimate of drug-likeness (QED) is 0.706. The van der Waals surface area contributed by atoms with E-state index < -0.39 is 0 Å². The lowest BCUT2D eigenvalue weighted by Crippen LogP contribution is -2.27. The summed E-state index contributed by atoms with van der Waals surface area (Å²) in [6.07, 6.45) is 7.88. The summed E-state index contributed by atoms with van der Waals surface area (Å²) in [5.74, 6) is 0. The Hall–Kier alpha value is -1.63. The summed E-state index contributed by atoms with van der Waals surface area (Å²) in [7, 11) is 2.07. The van der Waals surface area contributed by atoms with Crippen LogP contribution >= 0.6 is 0 Å². The Morgan fingerprint density at radius 3 is 2.47 bits per heavy atom. The molecule has 0 aliphatic rings. The van der Waals surface area contributed by atoms with E-state index in [-0.39, 0.29) is 0 Å². The molecule has 1 heterocycles. The van der Waals surface area contributed by atoms with Crippen molar-refractivity contribution in [1.82, 2.24) is 0 Å². The zero-order valence-corrected chi connectivity index (χ0v) is 10.7. The van der Waals surface area contributed by atoms with Crippen LogP contribution in [0.3, 0.4) is 0 Å². The van der Waals surface area contributed by atoms with Gasteiger partial charge in [-0.15, -0.1) is 0 Å². The fourth-order valence-corrected chi connectivity index (χ4v) is 2.18. The van der Waals surface area contributed by atoms with Gasteiger partial charge in [0.1, 0.15) is 7.05 Å². The van der Waals surface area contributed by atoms with Gasteiger partial charge in [-0.1, -0.05) is 30.3 Å². The number of hydrogen-bond donors (Lipinski definition) is 0. The second-order valence-corrected chi connectivity index (χ2v) is 4.66. The largest absolute Gasteiger partial charge is 0.208 e. The SMILES string of the molecule is Cc1c[n+](C)ccc1CCCc1ccccc1. The van der Waals surface area contributed by atoms with E-state index in [1.165, 1.54) is 36.0 Å². The summed E-state index contributed by atoms with van der Waals surface area (Å²) in [6.45, 7) is 2.19. The lowest BCUT2D eigenvalue weighted by molar-refractivity contribution is -0.671. The Morgan fingerprint density at radius 2 is 1.76 bits per heavy atom. The zero-order valence-electron chi connectivity index (χ0n) is 10.7. The average molecular weight is 226 g/mol. The minimum atomic E-state index is 1.17. The van der Waals surface area contributed by atoms with Crippen LogP contribution in [0.2, 0.25) is 0 Å². The van der Waals surface area contributed by atoms with Crippen molar-refractivity contribution in [2.75, 3.05) is 0 Å². The predicted molar refractivity (Wildman–Crippen MR) is 70.8 cm³/mol. The van der Waals surface area contributed by atoms with Crippen LogP contribution in [0.4, 0.5) is 0 Å². The Balaban J connectivity index is 1.90. The highest BCUT2D eigenvalue weighted by molar-refractivity contribution is 5.20. The van der Waals surface area contributed by atoms with Gasteiger partial charge in [0.2, 0.25) is 0 Å². The van der Waals surface area contributed by atoms with Gasteiger partial charge in [0.15, 0.2) is 12.4 Å². The van der Waals surface area contributed by atoms with Crippen molar-refractivity contribution in [2.45, 2.75) is 26.2 Å². The van der Waals surface area contributed by atoms with Crippen molar-refractivity contribution >= 4 is 0 Å². The van der Waals surface area contributed by atoms with Crippen molar-refractivity contribution in [2.24, 2.45) is 7.05 Å². The smallest absolute Gasteiger partial charge is 0.171 e. The maximum atomic E-state index is 2.24. The second kappa shape index (κ2) is 5.62. The third-order valence-corrected chi connectivity index (χ3v) is 3.17. The Bertz CT molecular complexity index is 474. The summed E-state index contributed by atoms with van der Waals surface area (Å²) < 4.78 is 2.11. The summed E-state index contributed by atoms with van der Waals surface area (Å²) in [5.41, 5.74) is 4.30. The van der Waals surface area contributed by atoms with Gasteiger partial charge in [0.05, 0.1) is 0 Å². The molecular formula is C16H20N+. The molecule has 0 N–H and O–H groups in total. The van der Waals surface area contributed by atoms with E-state index in [0.717, 1.165) is 0 Å². The molecule has 1 heteroatoms. The van der Waals surface area contributed by atoms with Crippen LogP contribution in [0.5, 0.6) is 0 Å². The molecule has 0 radical (unpaired) electrons. The lowest BCUT2D eigenvalue weighted by atomic mass is 10.0. The van der Waals surface area contributed by atoms with Crippen molar-refractivity contribution < 1.29 is 4.57 Å². The van der Waals surface area contributed by atoms with Crippen LogP contribution in [0, 0.1) is 6.92 Å². The minimum absolute atomic E-state index is 1.17. The number of aryl methyl sites for hydroxylation is 4. The molecule has 88 valence electrons. The molecule has 2 rings (SSSR count). The zero-order chi connectivity index (χ0) is 12.1. The van der Waals surface area contributed by atoms with Gasteiger partial charge in [-0.25, -0.2) is 4.57 Å². The number of benzene rings is 1. The van der Waals surface area contributed by atoms with Gasteiger partial charge in [0, 0.05) is 11.6 Å². The molecule has 0 saturated carbocycles. The third kappa shape index (κ3) is 3.42. The standard InChI is InChI=1S/C16H20N/c1-14-13-17(2)12-11-16(14)10-6-9-15-7-4-3-5-8-15/h3-5,7-8,11-13H,6,9-10H2,1-2H3/q+1. The summed E-state index contributed by atoms with van der Waals surface area (Å²) in [5, 5.41) is 0. The molecule has 0 saturated heterocycles. The van der Waals surface area contributed by atoms with Crippen molar-refractivity contribution in [3.8, 4) is 0 Å². The first-order valence-corrected chi connectivity index (χ1v) is 6.24. The fourth-order valence-electron chi connectivity index (χ4n) is 2.18. The van der Waals surface area contributed by atoms with E-state index in [1.807, 2.05) is 0 Å². The van der Waals surface area contributed by atoms with Crippen molar-refractivity contribution in [3.63, 3.8) is 0 Å². The first-order valence-electron chi connectivity index (χ1n) is 6.24. The van der Waals surface area contributed by atoms with E-state index in [0.29, 0.717) is 0 Å². The summed E-state index contributed by atoms with van der Waals surface area (Å²) >= 11 is 0. The van der Waals surface area contributed by atoms with Gasteiger partial charge >= 0.3 is 0 Å². The molecule has 1 aromatic carbocycles. The summed E-state index contributed by atoms with van der Waals surface area (Å²) in [4.78, 5) is 0. The normalized spacial score (nSPS) is 10.5. The van der Waals surface area contributed by atoms with Crippen LogP contribution in [-0.4, -0.2) is 0 Å². The highest BCUT2D eigenvalue weighted by Gasteiger charge is 2.02. The van der Waals surface area contributed by atoms with E-state index >= 15 is 0 Å². The maximum absolute atomic E-state index is 2.24. The maximum Gasteiger partial charge on any atom is 0.171 e. The molecule has 0 aliphatic carbocycles. The molecule has 17 heavy (non-hydrogen) atoms. The Kier molecular flexibility index (Phi) is 3.92. The Morgan fingerprint density at radius 1 is 1.00 bits per heavy atom. The predicted octanol–water partition coefficient (Wildman–Crippen LogP) is 2.99. The topological polar surface area (TPSA) is 3.88 Å². The van der Waals surface area contributed by atoms with Crippen LogP contribution in [0.25, 0.3) is 0 Å². The molecule has 0 aliphatic heterocycles. The van der Waals surface area contributed by atoms with Gasteiger partial charge < -0.3 is 0 Å². The molecule has 0 atom stereocenters. The molecule has 0 spiro atoms. The van der Waals surface area contributed by atoms with E-state index in [1.54, 1.807) is 0 Å². The molecule has 1 nitrogen and oxygen atoms in total. The summed E-state index contributed by atoms with van der Waals surface area (Å²) in [6, 6.07) is 13.0. The molecule has 0 amide bonds. The minimum Gasteiger partial charge on any atom is -0.208 e. The highest BCUT2D eigenvalue weighted by Crippen LogP contribution is 2.10. The number of nitrogens with zero attached hydrogens (tertiary/aromatic N) is 1. The van der Waals surface area contributed by atoms with E-state index in [4.69, 9.17) is 0 Å². The number of rotatable bonds is 4. The number of aromatic nitrogens is 1. The molecule has 1 aromatic heterocycles.